The van der Waals surface area contributed by atoms with Crippen molar-refractivity contribution in [1.29, 1.82) is 0 Å². The number of nitrogens with one attached hydrogen (secondary N) is 1. The molecule has 1 fully saturated rings. The molecule has 6 heteroatoms. The maximum absolute atomic E-state index is 10.9. The quantitative estimate of drug-likeness (QED) is 0.844. The fourth-order valence-electron chi connectivity index (χ4n) is 2.11. The SMILES string of the molecule is CC(=O)Nc1nc(CN2CCC[C@@H]2CO)cs1. The van der Waals surface area contributed by atoms with E-state index in [4.69, 9.17) is 0 Å². The van der Waals surface area contributed by atoms with E-state index in [0.717, 1.165) is 31.6 Å². The average molecular weight is 255 g/mol. The molecule has 2 N–H and O–H groups in total. The fourth-order valence-corrected chi connectivity index (χ4v) is 2.85. The number of anilines is 1. The minimum atomic E-state index is -0.0969. The van der Waals surface area contributed by atoms with Gasteiger partial charge >= 0.3 is 0 Å². The lowest BCUT2D eigenvalue weighted by Gasteiger charge is -2.21. The molecule has 1 aromatic rings. The average Bonchev–Trinajstić information content (AvgIpc) is 2.87. The first kappa shape index (κ1) is 12.5. The van der Waals surface area contributed by atoms with Crippen LogP contribution in [-0.2, 0) is 11.3 Å². The predicted molar refractivity (Wildman–Crippen MR) is 66.9 cm³/mol. The molecule has 0 spiro atoms. The highest BCUT2D eigenvalue weighted by Crippen LogP contribution is 2.22. The Balaban J connectivity index is 1.94. The molecule has 17 heavy (non-hydrogen) atoms. The van der Waals surface area contributed by atoms with Crippen molar-refractivity contribution >= 4 is 22.4 Å². The molecule has 1 amide bonds. The third kappa shape index (κ3) is 3.24. The van der Waals surface area contributed by atoms with Crippen LogP contribution in [0, 0.1) is 0 Å². The van der Waals surface area contributed by atoms with Gasteiger partial charge in [-0.1, -0.05) is 0 Å². The zero-order valence-electron chi connectivity index (χ0n) is 9.85. The monoisotopic (exact) mass is 255 g/mol. The Morgan fingerprint density at radius 2 is 2.59 bits per heavy atom. The molecule has 1 saturated heterocycles. The third-order valence-electron chi connectivity index (χ3n) is 2.91. The number of aromatic nitrogens is 1. The molecule has 5 nitrogen and oxygen atoms in total. The molecule has 1 aliphatic heterocycles. The van der Waals surface area contributed by atoms with E-state index in [1.165, 1.54) is 18.3 Å². The molecule has 0 unspecified atom stereocenters. The summed E-state index contributed by atoms with van der Waals surface area (Å²) in [6.07, 6.45) is 2.19. The predicted octanol–water partition coefficient (Wildman–Crippen LogP) is 1.06. The number of carbonyl (C=O) groups is 1. The van der Waals surface area contributed by atoms with E-state index in [-0.39, 0.29) is 18.6 Å². The number of likely N-dealkylation sites (tertiary alicyclic amines) is 1. The van der Waals surface area contributed by atoms with Crippen LogP contribution in [0.1, 0.15) is 25.5 Å². The second kappa shape index (κ2) is 5.57. The highest BCUT2D eigenvalue weighted by atomic mass is 32.1. The molecule has 1 atom stereocenters. The third-order valence-corrected chi connectivity index (χ3v) is 3.72. The van der Waals surface area contributed by atoms with Crippen molar-refractivity contribution in [3.63, 3.8) is 0 Å². The van der Waals surface area contributed by atoms with Crippen molar-refractivity contribution in [2.45, 2.75) is 32.4 Å². The summed E-state index contributed by atoms with van der Waals surface area (Å²) in [4.78, 5) is 17.5. The minimum Gasteiger partial charge on any atom is -0.395 e. The lowest BCUT2D eigenvalue weighted by Crippen LogP contribution is -2.31. The standard InChI is InChI=1S/C11H17N3O2S/c1-8(16)12-11-13-9(7-17-11)5-14-4-2-3-10(14)6-15/h7,10,15H,2-6H2,1H3,(H,12,13,16)/t10-/m1/s1. The summed E-state index contributed by atoms with van der Waals surface area (Å²) in [5, 5.41) is 14.5. The fraction of sp³-hybridized carbons (Fsp3) is 0.636. The van der Waals surface area contributed by atoms with E-state index >= 15 is 0 Å². The van der Waals surface area contributed by atoms with E-state index < -0.39 is 0 Å². The molecular weight excluding hydrogens is 238 g/mol. The van der Waals surface area contributed by atoms with Gasteiger partial charge in [0.15, 0.2) is 5.13 Å². The number of hydrogen-bond donors (Lipinski definition) is 2. The molecule has 94 valence electrons. The molecular formula is C11H17N3O2S. The van der Waals surface area contributed by atoms with Crippen LogP contribution in [0.2, 0.25) is 0 Å². The normalized spacial score (nSPS) is 20.7. The first-order chi connectivity index (χ1) is 8.19. The van der Waals surface area contributed by atoms with E-state index in [1.807, 2.05) is 5.38 Å². The van der Waals surface area contributed by atoms with E-state index in [1.54, 1.807) is 0 Å². The Bertz CT molecular complexity index is 394. The summed E-state index contributed by atoms with van der Waals surface area (Å²) >= 11 is 1.44. The number of thiazole rings is 1. The van der Waals surface area contributed by atoms with Gasteiger partial charge in [-0.3, -0.25) is 9.69 Å². The van der Waals surface area contributed by atoms with Crippen LogP contribution >= 0.6 is 11.3 Å². The van der Waals surface area contributed by atoms with Gasteiger partial charge in [-0.05, 0) is 19.4 Å². The number of hydrogen-bond acceptors (Lipinski definition) is 5. The van der Waals surface area contributed by atoms with Gasteiger partial charge in [0.2, 0.25) is 5.91 Å². The Labute approximate surface area is 104 Å². The first-order valence-corrected chi connectivity index (χ1v) is 6.64. The van der Waals surface area contributed by atoms with E-state index in [9.17, 15) is 9.90 Å². The Morgan fingerprint density at radius 3 is 3.29 bits per heavy atom. The van der Waals surface area contributed by atoms with E-state index in [2.05, 4.69) is 15.2 Å². The van der Waals surface area contributed by atoms with Gasteiger partial charge in [0.05, 0.1) is 12.3 Å². The second-order valence-corrected chi connectivity index (χ2v) is 5.13. The van der Waals surface area contributed by atoms with Crippen molar-refractivity contribution < 1.29 is 9.90 Å². The van der Waals surface area contributed by atoms with Crippen molar-refractivity contribution in [2.75, 3.05) is 18.5 Å². The van der Waals surface area contributed by atoms with Crippen molar-refractivity contribution in [2.24, 2.45) is 0 Å². The smallest absolute Gasteiger partial charge is 0.223 e. The Kier molecular flexibility index (Phi) is 4.09. The van der Waals surface area contributed by atoms with Crippen molar-refractivity contribution in [3.05, 3.63) is 11.1 Å². The summed E-state index contributed by atoms with van der Waals surface area (Å²) in [5.41, 5.74) is 0.958. The van der Waals surface area contributed by atoms with Crippen molar-refractivity contribution in [3.8, 4) is 0 Å². The summed E-state index contributed by atoms with van der Waals surface area (Å²) in [6, 6.07) is 0.265. The van der Waals surface area contributed by atoms with Gasteiger partial charge in [-0.2, -0.15) is 0 Å². The number of aliphatic hydroxyl groups excluding tert-OH is 1. The zero-order valence-corrected chi connectivity index (χ0v) is 10.7. The molecule has 0 saturated carbocycles. The van der Waals surface area contributed by atoms with Gasteiger partial charge in [0.1, 0.15) is 0 Å². The molecule has 2 heterocycles. The Morgan fingerprint density at radius 1 is 1.76 bits per heavy atom. The minimum absolute atomic E-state index is 0.0969. The molecule has 0 bridgehead atoms. The highest BCUT2D eigenvalue weighted by molar-refractivity contribution is 7.13. The van der Waals surface area contributed by atoms with E-state index in [0.29, 0.717) is 5.13 Å². The molecule has 0 aliphatic carbocycles. The summed E-state index contributed by atoms with van der Waals surface area (Å²) in [6.45, 7) is 3.45. The van der Waals surface area contributed by atoms with Crippen LogP contribution in [0.25, 0.3) is 0 Å². The second-order valence-electron chi connectivity index (χ2n) is 4.27. The maximum atomic E-state index is 10.9. The van der Waals surface area contributed by atoms with Gasteiger partial charge in [0, 0.05) is 24.9 Å². The molecule has 0 radical (unpaired) electrons. The summed E-state index contributed by atoms with van der Waals surface area (Å²) < 4.78 is 0. The van der Waals surface area contributed by atoms with Crippen LogP contribution in [0.5, 0.6) is 0 Å². The molecule has 1 aromatic heterocycles. The largest absolute Gasteiger partial charge is 0.395 e. The lowest BCUT2D eigenvalue weighted by molar-refractivity contribution is -0.114. The number of carbonyl (C=O) groups excluding carboxylic acids is 1. The van der Waals surface area contributed by atoms with Crippen LogP contribution in [0.4, 0.5) is 5.13 Å². The number of nitrogens with zero attached hydrogens (tertiary/aromatic N) is 2. The van der Waals surface area contributed by atoms with Crippen LogP contribution in [0.3, 0.4) is 0 Å². The highest BCUT2D eigenvalue weighted by Gasteiger charge is 2.24. The van der Waals surface area contributed by atoms with Gasteiger partial charge < -0.3 is 10.4 Å². The molecule has 2 rings (SSSR count). The molecule has 1 aliphatic rings. The van der Waals surface area contributed by atoms with Gasteiger partial charge in [-0.25, -0.2) is 4.98 Å². The number of amides is 1. The topological polar surface area (TPSA) is 65.5 Å². The van der Waals surface area contributed by atoms with Crippen LogP contribution in [-0.4, -0.2) is 40.1 Å². The van der Waals surface area contributed by atoms with Crippen LogP contribution < -0.4 is 5.32 Å². The van der Waals surface area contributed by atoms with Crippen molar-refractivity contribution in [1.82, 2.24) is 9.88 Å². The summed E-state index contributed by atoms with van der Waals surface area (Å²) in [5.74, 6) is -0.0969. The number of aliphatic hydroxyl groups is 1. The first-order valence-electron chi connectivity index (χ1n) is 5.76. The maximum Gasteiger partial charge on any atom is 0.223 e. The van der Waals surface area contributed by atoms with Crippen LogP contribution in [0.15, 0.2) is 5.38 Å². The van der Waals surface area contributed by atoms with Gasteiger partial charge in [0.25, 0.3) is 0 Å². The number of rotatable bonds is 4. The lowest BCUT2D eigenvalue weighted by atomic mass is 10.2. The summed E-state index contributed by atoms with van der Waals surface area (Å²) in [7, 11) is 0. The Hall–Kier alpha value is -0.980. The molecule has 0 aromatic carbocycles. The van der Waals surface area contributed by atoms with Gasteiger partial charge in [-0.15, -0.1) is 11.3 Å². The zero-order chi connectivity index (χ0) is 12.3.